The molecule has 1 aromatic carbocycles. The molecule has 2 aromatic rings. The zero-order valence-electron chi connectivity index (χ0n) is 22.4. The number of carbonyl (C=O) groups is 3. The molecule has 22 heteroatoms. The molecular weight excluding hydrogens is 641 g/mol. The van der Waals surface area contributed by atoms with E-state index in [1.807, 2.05) is 5.32 Å². The normalized spacial score (nSPS) is 17.8. The smallest absolute Gasteiger partial charge is 0.427 e. The number of carboxylic acids is 1. The average Bonchev–Trinajstić information content (AvgIpc) is 3.33. The van der Waals surface area contributed by atoms with Gasteiger partial charge in [0.15, 0.2) is 10.8 Å². The van der Waals surface area contributed by atoms with Gasteiger partial charge in [0.25, 0.3) is 17.9 Å². The summed E-state index contributed by atoms with van der Waals surface area (Å²) < 4.78 is 78.3. The van der Waals surface area contributed by atoms with E-state index in [1.165, 1.54) is 24.3 Å². The Hall–Kier alpha value is -4.54. The molecule has 3 rings (SSSR count). The van der Waals surface area contributed by atoms with Gasteiger partial charge in [-0.15, -0.1) is 0 Å². The monoisotopic (exact) mass is 666 g/mol. The van der Waals surface area contributed by atoms with Crippen molar-refractivity contribution in [2.45, 2.75) is 31.3 Å². The van der Waals surface area contributed by atoms with Crippen LogP contribution in [0.15, 0.2) is 29.4 Å². The molecule has 1 fully saturated rings. The molecule has 2 amide bonds. The molecule has 0 unspecified atom stereocenters. The Labute approximate surface area is 250 Å². The summed E-state index contributed by atoms with van der Waals surface area (Å²) in [5, 5.41) is 24.9. The molecule has 0 saturated carbocycles. The number of hydrogen-bond donors (Lipinski definition) is 7. The lowest BCUT2D eigenvalue weighted by atomic mass is 10.0. The van der Waals surface area contributed by atoms with Crippen LogP contribution in [0.5, 0.6) is 5.75 Å². The number of rotatable bonds is 13. The molecule has 0 aliphatic carbocycles. The minimum absolute atomic E-state index is 0.0249. The number of nitrogens with one attached hydrogen (secondary N) is 3. The molecule has 2 heterocycles. The van der Waals surface area contributed by atoms with Crippen LogP contribution < -0.4 is 26.8 Å². The Kier molecular flexibility index (Phi) is 10.3. The summed E-state index contributed by atoms with van der Waals surface area (Å²) in [5.74, 6) is -4.36. The number of aliphatic carboxylic acids is 1. The van der Waals surface area contributed by atoms with Crippen LogP contribution in [0.3, 0.4) is 0 Å². The Bertz CT molecular complexity index is 1570. The topological polar surface area (TPSA) is 273 Å². The number of carbonyl (C=O) groups excluding carboxylic acids is 2. The average molecular weight is 667 g/mol. The number of amides is 2. The maximum Gasteiger partial charge on any atom is 0.427 e. The number of nitrogen functional groups attached to an aromatic ring is 1. The first-order valence-corrected chi connectivity index (χ1v) is 14.3. The standard InChI is InChI=1S/C22H25F3N8O9S2/c1-9-13(19(35)33(9)44(38,39)40)30-18(34)15(14-16(22(23,24)25)43-21(28)31-14)32-42-12(20(36)37)8-41-11-4-2-10(3-5-11)17(27)29-7-6-26/h2-5,9,12-13H,6-8,26H2,1H3,(H2,27,29)(H2,28,31)(H,30,34)(H,36,37)(H,38,39,40)/b32-15-/t9-,12+,13+/m1/s1. The molecule has 3 atom stereocenters. The predicted molar refractivity (Wildman–Crippen MR) is 146 cm³/mol. The number of nitrogens with zero attached hydrogens (tertiary/aromatic N) is 3. The molecule has 44 heavy (non-hydrogen) atoms. The fourth-order valence-electron chi connectivity index (χ4n) is 3.65. The largest absolute Gasteiger partial charge is 0.489 e. The Balaban J connectivity index is 1.85. The number of amidine groups is 1. The van der Waals surface area contributed by atoms with Crippen LogP contribution in [-0.4, -0.2) is 94.6 Å². The van der Waals surface area contributed by atoms with Gasteiger partial charge < -0.3 is 36.8 Å². The van der Waals surface area contributed by atoms with Crippen LogP contribution in [0.4, 0.5) is 18.3 Å². The van der Waals surface area contributed by atoms with Crippen LogP contribution in [0, 0.1) is 5.41 Å². The highest BCUT2D eigenvalue weighted by Gasteiger charge is 2.52. The van der Waals surface area contributed by atoms with Crippen molar-refractivity contribution >= 4 is 56.1 Å². The zero-order chi connectivity index (χ0) is 33.0. The number of oxime groups is 1. The number of carboxylic acid groups (broad SMARTS) is 1. The van der Waals surface area contributed by atoms with Gasteiger partial charge in [-0.1, -0.05) is 16.5 Å². The number of β-lactam (4-membered cyclic amide) rings is 1. The summed E-state index contributed by atoms with van der Waals surface area (Å²) in [6, 6.07) is 2.78. The maximum absolute atomic E-state index is 13.7. The summed E-state index contributed by atoms with van der Waals surface area (Å²) in [6.07, 6.45) is -7.10. The molecule has 0 radical (unpaired) electrons. The van der Waals surface area contributed by atoms with Crippen molar-refractivity contribution < 1.29 is 55.2 Å². The second-order valence-corrected chi connectivity index (χ2v) is 11.1. The first kappa shape index (κ1) is 34.0. The second kappa shape index (κ2) is 13.4. The number of aromatic nitrogens is 1. The predicted octanol–water partition coefficient (Wildman–Crippen LogP) is -0.611. The first-order chi connectivity index (χ1) is 20.4. The maximum atomic E-state index is 13.7. The van der Waals surface area contributed by atoms with Crippen molar-refractivity contribution in [2.24, 2.45) is 10.9 Å². The highest BCUT2D eigenvalue weighted by Crippen LogP contribution is 2.38. The quantitative estimate of drug-likeness (QED) is 0.0463. The van der Waals surface area contributed by atoms with E-state index < -0.39 is 80.5 Å². The van der Waals surface area contributed by atoms with Crippen molar-refractivity contribution in [3.8, 4) is 5.75 Å². The van der Waals surface area contributed by atoms with E-state index in [4.69, 9.17) is 31.0 Å². The molecule has 1 aromatic heterocycles. The molecule has 1 saturated heterocycles. The van der Waals surface area contributed by atoms with Crippen molar-refractivity contribution in [1.29, 1.82) is 5.41 Å². The van der Waals surface area contributed by atoms with Gasteiger partial charge in [0, 0.05) is 18.7 Å². The number of nitrogens with two attached hydrogens (primary N) is 2. The fraction of sp³-hybridized carbons (Fsp3) is 0.364. The van der Waals surface area contributed by atoms with Gasteiger partial charge in [-0.05, 0) is 31.2 Å². The lowest BCUT2D eigenvalue weighted by Gasteiger charge is -2.42. The van der Waals surface area contributed by atoms with Crippen molar-refractivity contribution in [3.63, 3.8) is 0 Å². The molecule has 1 aliphatic heterocycles. The van der Waals surface area contributed by atoms with Crippen molar-refractivity contribution in [3.05, 3.63) is 40.4 Å². The number of anilines is 1. The van der Waals surface area contributed by atoms with Crippen molar-refractivity contribution in [2.75, 3.05) is 25.4 Å². The third kappa shape index (κ3) is 7.89. The Morgan fingerprint density at radius 2 is 1.93 bits per heavy atom. The van der Waals surface area contributed by atoms with Crippen LogP contribution in [-0.2, 0) is 35.7 Å². The van der Waals surface area contributed by atoms with Crippen LogP contribution in [0.1, 0.15) is 23.1 Å². The molecule has 1 aliphatic rings. The van der Waals surface area contributed by atoms with Gasteiger partial charge in [-0.3, -0.25) is 19.6 Å². The number of hydrogen-bond acceptors (Lipinski definition) is 13. The Morgan fingerprint density at radius 3 is 2.45 bits per heavy atom. The summed E-state index contributed by atoms with van der Waals surface area (Å²) in [6.45, 7) is 0.998. The summed E-state index contributed by atoms with van der Waals surface area (Å²) in [5.41, 5.74) is 8.86. The van der Waals surface area contributed by atoms with E-state index in [-0.39, 0.29) is 27.2 Å². The van der Waals surface area contributed by atoms with E-state index in [1.54, 1.807) is 0 Å². The number of thiazole rings is 1. The number of benzene rings is 1. The molecule has 17 nitrogen and oxygen atoms in total. The van der Waals surface area contributed by atoms with E-state index in [9.17, 15) is 41.1 Å². The van der Waals surface area contributed by atoms with Gasteiger partial charge in [0.1, 0.15) is 34.8 Å². The summed E-state index contributed by atoms with van der Waals surface area (Å²) in [4.78, 5) is 43.9. The minimum Gasteiger partial charge on any atom is -0.489 e. The molecule has 9 N–H and O–H groups in total. The SMILES string of the molecule is C[C@@H]1[C@H](NC(=O)/C(=N\O[C@@H](COc2ccc(C(=N)NCCN)cc2)C(=O)O)c2nc(N)sc2C(F)(F)F)C(=O)N1S(=O)(=O)O. The van der Waals surface area contributed by atoms with Crippen LogP contribution in [0.2, 0.25) is 0 Å². The fourth-order valence-corrected chi connectivity index (χ4v) is 5.23. The van der Waals surface area contributed by atoms with E-state index in [0.29, 0.717) is 18.7 Å². The van der Waals surface area contributed by atoms with E-state index >= 15 is 0 Å². The lowest BCUT2D eigenvalue weighted by molar-refractivity contribution is -0.152. The zero-order valence-corrected chi connectivity index (χ0v) is 24.0. The number of ether oxygens (including phenoxy) is 1. The summed E-state index contributed by atoms with van der Waals surface area (Å²) >= 11 is -0.0631. The van der Waals surface area contributed by atoms with E-state index in [0.717, 1.165) is 6.92 Å². The highest BCUT2D eigenvalue weighted by molar-refractivity contribution is 7.84. The van der Waals surface area contributed by atoms with Gasteiger partial charge in [0.2, 0.25) is 0 Å². The summed E-state index contributed by atoms with van der Waals surface area (Å²) in [7, 11) is -4.99. The number of halogens is 3. The highest BCUT2D eigenvalue weighted by atomic mass is 32.2. The van der Waals surface area contributed by atoms with Gasteiger partial charge in [-0.2, -0.15) is 21.6 Å². The molecule has 0 bridgehead atoms. The lowest BCUT2D eigenvalue weighted by Crippen LogP contribution is -2.71. The molecule has 240 valence electrons. The van der Waals surface area contributed by atoms with E-state index in [2.05, 4.69) is 15.5 Å². The molecular formula is C22H25F3N8O9S2. The van der Waals surface area contributed by atoms with Crippen LogP contribution in [0.25, 0.3) is 0 Å². The van der Waals surface area contributed by atoms with Gasteiger partial charge >= 0.3 is 22.4 Å². The van der Waals surface area contributed by atoms with Gasteiger partial charge in [0.05, 0.1) is 6.04 Å². The minimum atomic E-state index is -5.11. The van der Waals surface area contributed by atoms with Crippen LogP contribution >= 0.6 is 11.3 Å². The third-order valence-corrected chi connectivity index (χ3v) is 7.69. The van der Waals surface area contributed by atoms with Crippen molar-refractivity contribution in [1.82, 2.24) is 19.9 Å². The number of alkyl halides is 3. The Morgan fingerprint density at radius 1 is 1.30 bits per heavy atom. The molecule has 0 spiro atoms. The second-order valence-electron chi connectivity index (χ2n) is 8.83. The third-order valence-electron chi connectivity index (χ3n) is 5.75. The van der Waals surface area contributed by atoms with Gasteiger partial charge in [-0.25, -0.2) is 14.1 Å². The first-order valence-electron chi connectivity index (χ1n) is 12.1.